The van der Waals surface area contributed by atoms with Crippen molar-refractivity contribution in [3.63, 3.8) is 0 Å². The zero-order valence-corrected chi connectivity index (χ0v) is 17.4. The fourth-order valence-electron chi connectivity index (χ4n) is 7.40. The Labute approximate surface area is 170 Å². The zero-order chi connectivity index (χ0) is 21.6. The number of fused-ring (bicyclic) bond motifs is 5. The largest absolute Gasteiger partial charge is 0.390 e. The number of alkyl halides is 2. The summed E-state index contributed by atoms with van der Waals surface area (Å²) in [5.41, 5.74) is -6.25. The van der Waals surface area contributed by atoms with Gasteiger partial charge < -0.3 is 10.2 Å². The molecule has 160 valence electrons. The molecule has 0 amide bonds. The summed E-state index contributed by atoms with van der Waals surface area (Å²) in [6.45, 7) is 6.76. The highest BCUT2D eigenvalue weighted by atomic mass is 19.1. The van der Waals surface area contributed by atoms with Gasteiger partial charge in [-0.3, -0.25) is 9.59 Å². The highest BCUT2D eigenvalue weighted by Gasteiger charge is 2.76. The summed E-state index contributed by atoms with van der Waals surface area (Å²) in [6.07, 6.45) is 1.09. The van der Waals surface area contributed by atoms with Gasteiger partial charge in [-0.05, 0) is 55.7 Å². The standard InChI is InChI=1S/C23H30F2O4/c1-5-18(27)23(29)12(2)8-14-15-10-17(24)16-9-13(26)6-7-20(16,3)22(15,25)19(28)11-21(14,23)4/h6-7,9,12,14-15,17,19,28-29H,5,8,10-11H2,1-4H3/t12-,14?,15-,17-,19-,20-,21-,22-,23?/m0/s1. The lowest BCUT2D eigenvalue weighted by atomic mass is 9.44. The zero-order valence-electron chi connectivity index (χ0n) is 17.4. The number of hydrogen-bond acceptors (Lipinski definition) is 4. The van der Waals surface area contributed by atoms with E-state index in [9.17, 15) is 19.8 Å². The molecule has 0 heterocycles. The van der Waals surface area contributed by atoms with Crippen LogP contribution in [0.15, 0.2) is 23.8 Å². The van der Waals surface area contributed by atoms with E-state index in [2.05, 4.69) is 0 Å². The smallest absolute Gasteiger partial charge is 0.178 e. The van der Waals surface area contributed by atoms with Gasteiger partial charge in [0.2, 0.25) is 0 Å². The molecule has 0 spiro atoms. The number of aliphatic hydroxyl groups excluding tert-OH is 1. The Morgan fingerprint density at radius 1 is 1.28 bits per heavy atom. The number of Topliss-reactive ketones (excluding diaryl/α,β-unsaturated/α-hetero) is 1. The summed E-state index contributed by atoms with van der Waals surface area (Å²) in [4.78, 5) is 24.6. The molecule has 0 aromatic rings. The molecule has 4 nitrogen and oxygen atoms in total. The first-order valence-corrected chi connectivity index (χ1v) is 10.6. The van der Waals surface area contributed by atoms with Crippen LogP contribution in [0.25, 0.3) is 0 Å². The maximum Gasteiger partial charge on any atom is 0.178 e. The van der Waals surface area contributed by atoms with Crippen molar-refractivity contribution in [2.75, 3.05) is 0 Å². The Hall–Kier alpha value is -1.40. The second-order valence-corrected chi connectivity index (χ2v) is 10.0. The summed E-state index contributed by atoms with van der Waals surface area (Å²) in [5.74, 6) is -2.42. The predicted octanol–water partition coefficient (Wildman–Crippen LogP) is 3.26. The molecule has 2 N–H and O–H groups in total. The van der Waals surface area contributed by atoms with Crippen molar-refractivity contribution < 1.29 is 28.6 Å². The maximum absolute atomic E-state index is 16.9. The summed E-state index contributed by atoms with van der Waals surface area (Å²) in [6, 6.07) is 0. The summed E-state index contributed by atoms with van der Waals surface area (Å²) in [5, 5.41) is 22.7. The number of rotatable bonds is 2. The van der Waals surface area contributed by atoms with Crippen LogP contribution in [0.1, 0.15) is 53.4 Å². The molecule has 0 aromatic carbocycles. The first-order chi connectivity index (χ1) is 13.4. The Morgan fingerprint density at radius 3 is 2.55 bits per heavy atom. The minimum atomic E-state index is -2.18. The third-order valence-electron chi connectivity index (χ3n) is 8.96. The number of ketones is 2. The third-order valence-corrected chi connectivity index (χ3v) is 8.96. The topological polar surface area (TPSA) is 74.6 Å². The van der Waals surface area contributed by atoms with Gasteiger partial charge in [-0.1, -0.05) is 26.8 Å². The fraction of sp³-hybridized carbons (Fsp3) is 0.739. The SMILES string of the molecule is CCC(=O)C1(O)[C@@H](C)CC2[C@@H]3C[C@H](F)C4=CC(=O)C=C[C@]4(C)[C@@]3(F)[C@@H](O)C[C@@]21C. The van der Waals surface area contributed by atoms with Gasteiger partial charge in [0.1, 0.15) is 11.8 Å². The summed E-state index contributed by atoms with van der Waals surface area (Å²) in [7, 11) is 0. The van der Waals surface area contributed by atoms with Gasteiger partial charge in [0.15, 0.2) is 17.2 Å². The molecule has 6 heteroatoms. The van der Waals surface area contributed by atoms with Gasteiger partial charge in [0.05, 0.1) is 6.10 Å². The lowest BCUT2D eigenvalue weighted by molar-refractivity contribution is -0.223. The molecular formula is C23H30F2O4. The Balaban J connectivity index is 1.87. The predicted molar refractivity (Wildman–Crippen MR) is 103 cm³/mol. The molecule has 0 aliphatic heterocycles. The molecule has 3 fully saturated rings. The Kier molecular flexibility index (Phi) is 4.36. The fourth-order valence-corrected chi connectivity index (χ4v) is 7.40. The highest BCUT2D eigenvalue weighted by Crippen LogP contribution is 2.71. The average Bonchev–Trinajstić information content (AvgIpc) is 2.86. The van der Waals surface area contributed by atoms with Gasteiger partial charge in [0.25, 0.3) is 0 Å². The first-order valence-electron chi connectivity index (χ1n) is 10.6. The monoisotopic (exact) mass is 408 g/mol. The van der Waals surface area contributed by atoms with Crippen LogP contribution < -0.4 is 0 Å². The summed E-state index contributed by atoms with van der Waals surface area (Å²) < 4.78 is 32.2. The van der Waals surface area contributed by atoms with Gasteiger partial charge in [-0.2, -0.15) is 0 Å². The van der Waals surface area contributed by atoms with Gasteiger partial charge in [-0.15, -0.1) is 0 Å². The molecule has 0 saturated heterocycles. The van der Waals surface area contributed by atoms with Crippen molar-refractivity contribution >= 4 is 11.6 Å². The van der Waals surface area contributed by atoms with Crippen LogP contribution in [0, 0.1) is 28.6 Å². The molecule has 2 unspecified atom stereocenters. The van der Waals surface area contributed by atoms with Crippen molar-refractivity contribution in [3.05, 3.63) is 23.8 Å². The number of aliphatic hydroxyl groups is 2. The molecule has 3 saturated carbocycles. The number of hydrogen-bond donors (Lipinski definition) is 2. The summed E-state index contributed by atoms with van der Waals surface area (Å²) >= 11 is 0. The second-order valence-electron chi connectivity index (χ2n) is 10.0. The molecule has 4 aliphatic carbocycles. The quantitative estimate of drug-likeness (QED) is 0.736. The van der Waals surface area contributed by atoms with E-state index >= 15 is 8.78 Å². The van der Waals surface area contributed by atoms with E-state index < -0.39 is 52.1 Å². The minimum Gasteiger partial charge on any atom is -0.390 e. The van der Waals surface area contributed by atoms with E-state index in [4.69, 9.17) is 0 Å². The normalized spacial score (nSPS) is 53.7. The molecule has 0 aromatic heterocycles. The van der Waals surface area contributed by atoms with Crippen LogP contribution in [0.3, 0.4) is 0 Å². The van der Waals surface area contributed by atoms with Crippen LogP contribution in [-0.4, -0.2) is 45.3 Å². The number of carbonyl (C=O) groups excluding carboxylic acids is 2. The van der Waals surface area contributed by atoms with Gasteiger partial charge >= 0.3 is 0 Å². The first kappa shape index (κ1) is 20.9. The maximum atomic E-state index is 16.9. The number of carbonyl (C=O) groups is 2. The average molecular weight is 408 g/mol. The molecule has 0 bridgehead atoms. The van der Waals surface area contributed by atoms with Crippen molar-refractivity contribution in [1.29, 1.82) is 0 Å². The van der Waals surface area contributed by atoms with Crippen LogP contribution in [0.5, 0.6) is 0 Å². The van der Waals surface area contributed by atoms with Gasteiger partial charge in [0, 0.05) is 23.2 Å². The van der Waals surface area contributed by atoms with E-state index in [0.29, 0.717) is 6.42 Å². The van der Waals surface area contributed by atoms with Crippen molar-refractivity contribution in [1.82, 2.24) is 0 Å². The highest BCUT2D eigenvalue weighted by molar-refractivity contribution is 6.01. The van der Waals surface area contributed by atoms with E-state index in [1.54, 1.807) is 27.7 Å². The Morgan fingerprint density at radius 2 is 1.93 bits per heavy atom. The second kappa shape index (κ2) is 6.07. The molecule has 4 rings (SSSR count). The minimum absolute atomic E-state index is 0.0809. The van der Waals surface area contributed by atoms with Gasteiger partial charge in [-0.25, -0.2) is 8.78 Å². The molecule has 9 atom stereocenters. The van der Waals surface area contributed by atoms with Crippen LogP contribution in [-0.2, 0) is 9.59 Å². The number of halogens is 2. The van der Waals surface area contributed by atoms with E-state index in [-0.39, 0.29) is 36.4 Å². The number of allylic oxidation sites excluding steroid dienone is 4. The van der Waals surface area contributed by atoms with E-state index in [1.807, 2.05) is 0 Å². The molecule has 29 heavy (non-hydrogen) atoms. The van der Waals surface area contributed by atoms with E-state index in [0.717, 1.165) is 6.08 Å². The lowest BCUT2D eigenvalue weighted by Gasteiger charge is -2.63. The molecule has 4 aliphatic rings. The van der Waals surface area contributed by atoms with Crippen LogP contribution >= 0.6 is 0 Å². The third kappa shape index (κ3) is 2.20. The van der Waals surface area contributed by atoms with Crippen LogP contribution in [0.2, 0.25) is 0 Å². The molecule has 0 radical (unpaired) electrons. The molecular weight excluding hydrogens is 378 g/mol. The van der Waals surface area contributed by atoms with Crippen molar-refractivity contribution in [2.24, 2.45) is 28.6 Å². The Bertz CT molecular complexity index is 837. The van der Waals surface area contributed by atoms with E-state index in [1.165, 1.54) is 12.2 Å². The lowest BCUT2D eigenvalue weighted by Crippen LogP contribution is -2.70. The van der Waals surface area contributed by atoms with Crippen molar-refractivity contribution in [3.8, 4) is 0 Å². The van der Waals surface area contributed by atoms with Crippen molar-refractivity contribution in [2.45, 2.75) is 76.9 Å². The van der Waals surface area contributed by atoms with Crippen LogP contribution in [0.4, 0.5) is 8.78 Å².